The van der Waals surface area contributed by atoms with E-state index in [1.807, 2.05) is 6.07 Å². The zero-order chi connectivity index (χ0) is 13.5. The molecule has 0 bridgehead atoms. The van der Waals surface area contributed by atoms with Gasteiger partial charge in [-0.3, -0.25) is 0 Å². The number of carbonyl (C=O) groups is 1. The Kier molecular flexibility index (Phi) is 4.71. The number of rotatable bonds is 3. The molecule has 0 saturated carbocycles. The Morgan fingerprint density at radius 3 is 2.50 bits per heavy atom. The molecule has 0 aliphatic heterocycles. The van der Waals surface area contributed by atoms with Crippen LogP contribution in [0.1, 0.15) is 12.5 Å². The average molecular weight is 242 g/mol. The van der Waals surface area contributed by atoms with Crippen LogP contribution in [0.5, 0.6) is 0 Å². The van der Waals surface area contributed by atoms with Crippen LogP contribution < -0.4 is 5.32 Å². The molecule has 0 aromatic heterocycles. The standard InChI is InChI=1S/C13H14N4O/c1-10(7-14)9-17(2)13(18)16-12-5-3-11(8-15)4-6-12/h3-6,10H,9H2,1-2H3,(H,16,18). The molecule has 92 valence electrons. The fourth-order valence-electron chi connectivity index (χ4n) is 1.38. The number of hydrogen-bond donors (Lipinski definition) is 1. The van der Waals surface area contributed by atoms with Crippen molar-refractivity contribution >= 4 is 11.7 Å². The lowest BCUT2D eigenvalue weighted by atomic mass is 10.2. The van der Waals surface area contributed by atoms with Crippen molar-refractivity contribution in [1.29, 1.82) is 10.5 Å². The van der Waals surface area contributed by atoms with Crippen molar-refractivity contribution in [2.75, 3.05) is 18.9 Å². The molecule has 1 rings (SSSR count). The molecular weight excluding hydrogens is 228 g/mol. The van der Waals surface area contributed by atoms with Crippen LogP contribution in [0.4, 0.5) is 10.5 Å². The maximum Gasteiger partial charge on any atom is 0.321 e. The fourth-order valence-corrected chi connectivity index (χ4v) is 1.38. The first-order chi connectivity index (χ1) is 8.56. The Morgan fingerprint density at radius 2 is 2.00 bits per heavy atom. The zero-order valence-electron chi connectivity index (χ0n) is 10.3. The van der Waals surface area contributed by atoms with E-state index in [2.05, 4.69) is 11.4 Å². The minimum Gasteiger partial charge on any atom is -0.326 e. The zero-order valence-corrected chi connectivity index (χ0v) is 10.3. The van der Waals surface area contributed by atoms with Crippen LogP contribution in [0.25, 0.3) is 0 Å². The van der Waals surface area contributed by atoms with Gasteiger partial charge in [0.25, 0.3) is 0 Å². The van der Waals surface area contributed by atoms with Gasteiger partial charge in [-0.1, -0.05) is 0 Å². The van der Waals surface area contributed by atoms with E-state index < -0.39 is 0 Å². The van der Waals surface area contributed by atoms with Crippen LogP contribution in [0.2, 0.25) is 0 Å². The van der Waals surface area contributed by atoms with Crippen molar-refractivity contribution < 1.29 is 4.79 Å². The van der Waals surface area contributed by atoms with Crippen molar-refractivity contribution in [1.82, 2.24) is 4.90 Å². The quantitative estimate of drug-likeness (QED) is 0.882. The summed E-state index contributed by atoms with van der Waals surface area (Å²) in [6, 6.07) is 10.4. The van der Waals surface area contributed by atoms with Gasteiger partial charge >= 0.3 is 6.03 Å². The summed E-state index contributed by atoms with van der Waals surface area (Å²) in [5, 5.41) is 20.0. The molecule has 0 saturated heterocycles. The van der Waals surface area contributed by atoms with Crippen molar-refractivity contribution in [3.8, 4) is 12.1 Å². The topological polar surface area (TPSA) is 79.9 Å². The summed E-state index contributed by atoms with van der Waals surface area (Å²) in [6.07, 6.45) is 0. The van der Waals surface area contributed by atoms with Crippen molar-refractivity contribution in [2.45, 2.75) is 6.92 Å². The van der Waals surface area contributed by atoms with Crippen LogP contribution >= 0.6 is 0 Å². The number of amides is 2. The first kappa shape index (κ1) is 13.5. The lowest BCUT2D eigenvalue weighted by molar-refractivity contribution is 0.219. The molecule has 1 N–H and O–H groups in total. The lowest BCUT2D eigenvalue weighted by Gasteiger charge is -2.18. The Morgan fingerprint density at radius 1 is 1.39 bits per heavy atom. The average Bonchev–Trinajstić information content (AvgIpc) is 2.39. The summed E-state index contributed by atoms with van der Waals surface area (Å²) >= 11 is 0. The van der Waals surface area contributed by atoms with Crippen molar-refractivity contribution in [3.05, 3.63) is 29.8 Å². The molecule has 5 heteroatoms. The van der Waals surface area contributed by atoms with E-state index in [0.717, 1.165) is 0 Å². The third-order valence-corrected chi connectivity index (χ3v) is 2.38. The van der Waals surface area contributed by atoms with Gasteiger partial charge in [0.05, 0.1) is 23.6 Å². The van der Waals surface area contributed by atoms with Crippen molar-refractivity contribution in [3.63, 3.8) is 0 Å². The van der Waals surface area contributed by atoms with E-state index in [9.17, 15) is 4.79 Å². The molecular formula is C13H14N4O. The Labute approximate surface area is 106 Å². The number of hydrogen-bond acceptors (Lipinski definition) is 3. The highest BCUT2D eigenvalue weighted by Crippen LogP contribution is 2.09. The molecule has 0 fully saturated rings. The second-order valence-electron chi connectivity index (χ2n) is 4.03. The fraction of sp³-hybridized carbons (Fsp3) is 0.308. The van der Waals surface area contributed by atoms with E-state index in [1.54, 1.807) is 38.2 Å². The van der Waals surface area contributed by atoms with Crippen LogP contribution in [0.15, 0.2) is 24.3 Å². The molecule has 0 aliphatic rings. The van der Waals surface area contributed by atoms with Crippen LogP contribution in [0.3, 0.4) is 0 Å². The minimum atomic E-state index is -0.276. The largest absolute Gasteiger partial charge is 0.326 e. The number of nitriles is 2. The number of anilines is 1. The third kappa shape index (κ3) is 3.80. The molecule has 0 spiro atoms. The van der Waals surface area contributed by atoms with Gasteiger partial charge in [0.1, 0.15) is 0 Å². The number of urea groups is 1. The van der Waals surface area contributed by atoms with Gasteiger partial charge in [-0.15, -0.1) is 0 Å². The summed E-state index contributed by atoms with van der Waals surface area (Å²) < 4.78 is 0. The van der Waals surface area contributed by atoms with Gasteiger partial charge in [0, 0.05) is 19.3 Å². The van der Waals surface area contributed by atoms with Gasteiger partial charge in [0.15, 0.2) is 0 Å². The van der Waals surface area contributed by atoms with Gasteiger partial charge in [-0.2, -0.15) is 10.5 Å². The first-order valence-corrected chi connectivity index (χ1v) is 5.48. The van der Waals surface area contributed by atoms with Gasteiger partial charge in [-0.05, 0) is 31.2 Å². The molecule has 18 heavy (non-hydrogen) atoms. The smallest absolute Gasteiger partial charge is 0.321 e. The third-order valence-electron chi connectivity index (χ3n) is 2.38. The monoisotopic (exact) mass is 242 g/mol. The highest BCUT2D eigenvalue weighted by atomic mass is 16.2. The molecule has 2 amide bonds. The predicted octanol–water partition coefficient (Wildman–Crippen LogP) is 2.18. The Balaban J connectivity index is 2.59. The summed E-state index contributed by atoms with van der Waals surface area (Å²) in [5.74, 6) is -0.207. The van der Waals surface area contributed by atoms with Crippen LogP contribution in [-0.2, 0) is 0 Å². The number of carbonyl (C=O) groups excluding carboxylic acids is 1. The molecule has 0 aliphatic carbocycles. The van der Waals surface area contributed by atoms with Crippen molar-refractivity contribution in [2.24, 2.45) is 5.92 Å². The first-order valence-electron chi connectivity index (χ1n) is 5.48. The minimum absolute atomic E-state index is 0.207. The Hall–Kier alpha value is -2.53. The van der Waals surface area contributed by atoms with E-state index in [4.69, 9.17) is 10.5 Å². The lowest BCUT2D eigenvalue weighted by Crippen LogP contribution is -2.34. The maximum absolute atomic E-state index is 11.8. The summed E-state index contributed by atoms with van der Waals surface area (Å²) in [5.41, 5.74) is 1.16. The molecule has 1 atom stereocenters. The number of benzene rings is 1. The molecule has 1 aromatic carbocycles. The van der Waals surface area contributed by atoms with E-state index >= 15 is 0 Å². The second-order valence-corrected chi connectivity index (χ2v) is 4.03. The highest BCUT2D eigenvalue weighted by molar-refractivity contribution is 5.89. The van der Waals surface area contributed by atoms with Crippen LogP contribution in [0, 0.1) is 28.6 Å². The maximum atomic E-state index is 11.8. The van der Waals surface area contributed by atoms with E-state index in [0.29, 0.717) is 17.8 Å². The van der Waals surface area contributed by atoms with Crippen LogP contribution in [-0.4, -0.2) is 24.5 Å². The molecule has 0 radical (unpaired) electrons. The Bertz CT molecular complexity index is 495. The summed E-state index contributed by atoms with van der Waals surface area (Å²) in [4.78, 5) is 13.2. The van der Waals surface area contributed by atoms with E-state index in [1.165, 1.54) is 4.90 Å². The van der Waals surface area contributed by atoms with Gasteiger partial charge < -0.3 is 10.2 Å². The second kappa shape index (κ2) is 6.27. The normalized spacial score (nSPS) is 10.9. The predicted molar refractivity (Wildman–Crippen MR) is 67.6 cm³/mol. The van der Waals surface area contributed by atoms with E-state index in [-0.39, 0.29) is 11.9 Å². The molecule has 1 aromatic rings. The van der Waals surface area contributed by atoms with Gasteiger partial charge in [-0.25, -0.2) is 4.79 Å². The van der Waals surface area contributed by atoms with Gasteiger partial charge in [0.2, 0.25) is 0 Å². The molecule has 5 nitrogen and oxygen atoms in total. The summed E-state index contributed by atoms with van der Waals surface area (Å²) in [6.45, 7) is 2.13. The number of nitrogens with zero attached hydrogens (tertiary/aromatic N) is 3. The molecule has 0 heterocycles. The SMILES string of the molecule is CC(C#N)CN(C)C(=O)Nc1ccc(C#N)cc1. The molecule has 1 unspecified atom stereocenters. The number of nitrogens with one attached hydrogen (secondary N) is 1. The summed E-state index contributed by atoms with van der Waals surface area (Å²) in [7, 11) is 1.63. The highest BCUT2D eigenvalue weighted by Gasteiger charge is 2.11.